The molecule has 0 N–H and O–H groups in total. The van der Waals surface area contributed by atoms with Gasteiger partial charge in [-0.1, -0.05) is 26.3 Å². The van der Waals surface area contributed by atoms with Crippen LogP contribution in [-0.2, 0) is 0 Å². The van der Waals surface area contributed by atoms with Gasteiger partial charge in [-0.2, -0.15) is 0 Å². The highest BCUT2D eigenvalue weighted by Crippen LogP contribution is 1.93. The average molecular weight is 111 g/mol. The van der Waals surface area contributed by atoms with Crippen molar-refractivity contribution in [2.45, 2.75) is 39.5 Å². The van der Waals surface area contributed by atoms with Crippen LogP contribution >= 0.6 is 0 Å². The summed E-state index contributed by atoms with van der Waals surface area (Å²) in [5.74, 6) is 0. The van der Waals surface area contributed by atoms with Crippen molar-refractivity contribution in [3.63, 3.8) is 0 Å². The van der Waals surface area contributed by atoms with Gasteiger partial charge in [-0.05, 0) is 25.3 Å². The Bertz CT molecular complexity index is 53.1. The fraction of sp³-hybridized carbons (Fsp3) is 0.750. The molecule has 0 unspecified atom stereocenters. The first-order valence-corrected chi connectivity index (χ1v) is 3.46. The lowest BCUT2D eigenvalue weighted by atomic mass is 10.2. The van der Waals surface area contributed by atoms with Crippen LogP contribution in [0.3, 0.4) is 0 Å². The Kier molecular flexibility index (Phi) is 6.52. The van der Waals surface area contributed by atoms with Gasteiger partial charge in [-0.15, -0.1) is 0 Å². The molecule has 0 nitrogen and oxygen atoms in total. The van der Waals surface area contributed by atoms with Crippen molar-refractivity contribution in [3.8, 4) is 0 Å². The molecule has 0 amide bonds. The summed E-state index contributed by atoms with van der Waals surface area (Å²) in [6.07, 6.45) is 10.2. The van der Waals surface area contributed by atoms with Crippen LogP contribution in [0.4, 0.5) is 0 Å². The van der Waals surface area contributed by atoms with Crippen LogP contribution < -0.4 is 0 Å². The molecule has 0 atom stereocenters. The first-order valence-electron chi connectivity index (χ1n) is 3.46. The van der Waals surface area contributed by atoms with Gasteiger partial charge in [0.15, 0.2) is 0 Å². The number of unbranched alkanes of at least 4 members (excludes halogenated alkanes) is 2. The molecule has 0 aliphatic rings. The number of hydrogen-bond donors (Lipinski definition) is 0. The number of rotatable bonds is 4. The monoisotopic (exact) mass is 111 g/mol. The van der Waals surface area contributed by atoms with E-state index in [0.717, 1.165) is 12.8 Å². The molecule has 0 aromatic carbocycles. The maximum absolute atomic E-state index is 3.21. The second-order valence-electron chi connectivity index (χ2n) is 1.92. The molecule has 0 aromatic rings. The summed E-state index contributed by atoms with van der Waals surface area (Å²) < 4.78 is 0. The highest BCUT2D eigenvalue weighted by molar-refractivity contribution is 4.70. The van der Waals surface area contributed by atoms with Gasteiger partial charge in [-0.25, -0.2) is 0 Å². The van der Waals surface area contributed by atoms with Crippen LogP contribution in [0.1, 0.15) is 39.5 Å². The molecule has 1 radical (unpaired) electrons. The summed E-state index contributed by atoms with van der Waals surface area (Å²) >= 11 is 0. The van der Waals surface area contributed by atoms with E-state index in [-0.39, 0.29) is 0 Å². The first-order chi connectivity index (χ1) is 3.91. The third-order valence-electron chi connectivity index (χ3n) is 1.02. The quantitative estimate of drug-likeness (QED) is 0.489. The number of allylic oxidation sites excluding steroid dienone is 2. The van der Waals surface area contributed by atoms with E-state index in [1.54, 1.807) is 0 Å². The number of hydrogen-bond acceptors (Lipinski definition) is 0. The van der Waals surface area contributed by atoms with Gasteiger partial charge in [0, 0.05) is 0 Å². The van der Waals surface area contributed by atoms with Crippen molar-refractivity contribution < 1.29 is 0 Å². The van der Waals surface area contributed by atoms with Gasteiger partial charge >= 0.3 is 0 Å². The van der Waals surface area contributed by atoms with Crippen LogP contribution in [0.25, 0.3) is 0 Å². The fourth-order valence-corrected chi connectivity index (χ4v) is 0.525. The Labute approximate surface area is 52.6 Å². The van der Waals surface area contributed by atoms with Crippen LogP contribution in [0.15, 0.2) is 6.08 Å². The second kappa shape index (κ2) is 6.74. The summed E-state index contributed by atoms with van der Waals surface area (Å²) in [6.45, 7) is 4.34. The lowest BCUT2D eigenvalue weighted by Crippen LogP contribution is -1.66. The zero-order valence-electron chi connectivity index (χ0n) is 5.91. The molecule has 0 spiro atoms. The Morgan fingerprint density at radius 2 is 2.12 bits per heavy atom. The molecule has 0 saturated heterocycles. The maximum Gasteiger partial charge on any atom is -0.0280 e. The van der Waals surface area contributed by atoms with Crippen molar-refractivity contribution in [2.75, 3.05) is 0 Å². The molecule has 0 fully saturated rings. The summed E-state index contributed by atoms with van der Waals surface area (Å²) in [7, 11) is 0. The van der Waals surface area contributed by atoms with E-state index in [4.69, 9.17) is 0 Å². The normalized spacial score (nSPS) is 10.8. The fourth-order valence-electron chi connectivity index (χ4n) is 0.525. The Hall–Kier alpha value is -0.260. The molecule has 0 rings (SSSR count). The van der Waals surface area contributed by atoms with E-state index in [9.17, 15) is 0 Å². The van der Waals surface area contributed by atoms with Gasteiger partial charge in [-0.3, -0.25) is 0 Å². The van der Waals surface area contributed by atoms with Crippen molar-refractivity contribution in [1.82, 2.24) is 0 Å². The summed E-state index contributed by atoms with van der Waals surface area (Å²) in [5.41, 5.74) is 0. The molecule has 0 saturated carbocycles. The van der Waals surface area contributed by atoms with Crippen LogP contribution in [0, 0.1) is 6.08 Å². The second-order valence-corrected chi connectivity index (χ2v) is 1.92. The molecule has 0 aliphatic heterocycles. The minimum atomic E-state index is 1.13. The predicted molar refractivity (Wildman–Crippen MR) is 37.6 cm³/mol. The van der Waals surface area contributed by atoms with E-state index in [0.29, 0.717) is 0 Å². The Morgan fingerprint density at radius 1 is 1.38 bits per heavy atom. The molecule has 0 aliphatic carbocycles. The third-order valence-corrected chi connectivity index (χ3v) is 1.02. The molecular weight excluding hydrogens is 96.1 g/mol. The van der Waals surface area contributed by atoms with Gasteiger partial charge in [0.25, 0.3) is 0 Å². The topological polar surface area (TPSA) is 0 Å². The molecule has 0 bridgehead atoms. The van der Waals surface area contributed by atoms with Crippen molar-refractivity contribution in [1.29, 1.82) is 0 Å². The van der Waals surface area contributed by atoms with E-state index in [1.165, 1.54) is 12.8 Å². The largest absolute Gasteiger partial charge is 0.0813 e. The molecular formula is C8H15. The van der Waals surface area contributed by atoms with Crippen molar-refractivity contribution in [2.24, 2.45) is 0 Å². The molecule has 0 heterocycles. The summed E-state index contributed by atoms with van der Waals surface area (Å²) in [6, 6.07) is 0. The van der Waals surface area contributed by atoms with Gasteiger partial charge < -0.3 is 0 Å². The van der Waals surface area contributed by atoms with E-state index >= 15 is 0 Å². The highest BCUT2D eigenvalue weighted by Gasteiger charge is 1.75. The summed E-state index contributed by atoms with van der Waals surface area (Å²) in [4.78, 5) is 0. The SMILES string of the molecule is CC/C=[C]/CCCC. The highest BCUT2D eigenvalue weighted by atomic mass is 13.8. The van der Waals surface area contributed by atoms with Gasteiger partial charge in [0.05, 0.1) is 0 Å². The third kappa shape index (κ3) is 5.74. The van der Waals surface area contributed by atoms with Crippen molar-refractivity contribution >= 4 is 0 Å². The molecule has 8 heavy (non-hydrogen) atoms. The molecule has 0 aromatic heterocycles. The lowest BCUT2D eigenvalue weighted by molar-refractivity contribution is 0.801. The maximum atomic E-state index is 3.21. The van der Waals surface area contributed by atoms with E-state index < -0.39 is 0 Å². The standard InChI is InChI=1S/C8H15/c1-3-5-7-8-6-4-2/h5H,3-4,6,8H2,1-2H3. The smallest absolute Gasteiger partial charge is 0.0280 e. The zero-order chi connectivity index (χ0) is 6.24. The Balaban J connectivity index is 2.80. The molecule has 0 heteroatoms. The minimum absolute atomic E-state index is 1.13. The summed E-state index contributed by atoms with van der Waals surface area (Å²) in [5, 5.41) is 0. The van der Waals surface area contributed by atoms with Crippen LogP contribution in [-0.4, -0.2) is 0 Å². The Morgan fingerprint density at radius 3 is 2.62 bits per heavy atom. The van der Waals surface area contributed by atoms with Gasteiger partial charge in [0.1, 0.15) is 0 Å². The zero-order valence-corrected chi connectivity index (χ0v) is 5.91. The van der Waals surface area contributed by atoms with E-state index in [1.807, 2.05) is 0 Å². The molecule has 47 valence electrons. The minimum Gasteiger partial charge on any atom is -0.0813 e. The van der Waals surface area contributed by atoms with Crippen molar-refractivity contribution in [3.05, 3.63) is 12.2 Å². The van der Waals surface area contributed by atoms with Crippen LogP contribution in [0.5, 0.6) is 0 Å². The van der Waals surface area contributed by atoms with Crippen LogP contribution in [0.2, 0.25) is 0 Å². The average Bonchev–Trinajstić information content (AvgIpc) is 1.81. The first kappa shape index (κ1) is 7.74. The lowest BCUT2D eigenvalue weighted by Gasteiger charge is -1.84. The van der Waals surface area contributed by atoms with E-state index in [2.05, 4.69) is 26.0 Å². The van der Waals surface area contributed by atoms with Gasteiger partial charge in [0.2, 0.25) is 0 Å². The predicted octanol–water partition coefficient (Wildman–Crippen LogP) is 2.95.